The molecule has 0 saturated heterocycles. The van der Waals surface area contributed by atoms with E-state index in [9.17, 15) is 4.79 Å². The van der Waals surface area contributed by atoms with Gasteiger partial charge < -0.3 is 24.3 Å². The van der Waals surface area contributed by atoms with E-state index in [0.29, 0.717) is 48.3 Å². The van der Waals surface area contributed by atoms with Gasteiger partial charge in [0.25, 0.3) is 5.91 Å². The molecule has 6 heteroatoms. The molecule has 1 amide bonds. The highest BCUT2D eigenvalue weighted by Crippen LogP contribution is 2.34. The molecule has 2 aromatic carbocycles. The predicted octanol–water partition coefficient (Wildman–Crippen LogP) is 2.62. The van der Waals surface area contributed by atoms with Crippen LogP contribution in [0.15, 0.2) is 42.5 Å². The molecule has 0 aliphatic carbocycles. The van der Waals surface area contributed by atoms with Crippen LogP contribution in [-0.2, 0) is 0 Å². The van der Waals surface area contributed by atoms with Crippen molar-refractivity contribution in [1.82, 2.24) is 5.32 Å². The summed E-state index contributed by atoms with van der Waals surface area (Å²) in [6.07, 6.45) is 0. The summed E-state index contributed by atoms with van der Waals surface area (Å²) >= 11 is 0. The van der Waals surface area contributed by atoms with Crippen molar-refractivity contribution in [2.45, 2.75) is 6.92 Å². The maximum atomic E-state index is 12.2. The lowest BCUT2D eigenvalue weighted by atomic mass is 10.2. The molecular formula is C18H19NO5. The van der Waals surface area contributed by atoms with Crippen molar-refractivity contribution in [3.8, 4) is 23.0 Å². The Morgan fingerprint density at radius 2 is 1.96 bits per heavy atom. The molecule has 126 valence electrons. The van der Waals surface area contributed by atoms with E-state index >= 15 is 0 Å². The van der Waals surface area contributed by atoms with Gasteiger partial charge in [0.1, 0.15) is 18.1 Å². The molecule has 0 radical (unpaired) electrons. The van der Waals surface area contributed by atoms with Gasteiger partial charge in [-0.2, -0.15) is 0 Å². The molecule has 0 saturated carbocycles. The summed E-state index contributed by atoms with van der Waals surface area (Å²) in [6, 6.07) is 12.5. The lowest BCUT2D eigenvalue weighted by Crippen LogP contribution is -2.28. The Morgan fingerprint density at radius 1 is 1.12 bits per heavy atom. The van der Waals surface area contributed by atoms with Gasteiger partial charge in [0.05, 0.1) is 18.7 Å². The molecule has 1 heterocycles. The van der Waals surface area contributed by atoms with E-state index in [1.165, 1.54) is 0 Å². The monoisotopic (exact) mass is 329 g/mol. The molecule has 1 aliphatic heterocycles. The largest absolute Gasteiger partial charge is 0.493 e. The van der Waals surface area contributed by atoms with Gasteiger partial charge >= 0.3 is 0 Å². The Labute approximate surface area is 140 Å². The molecule has 1 N–H and O–H groups in total. The number of carbonyl (C=O) groups excluding carboxylic acids is 1. The number of nitrogens with one attached hydrogen (secondary N) is 1. The van der Waals surface area contributed by atoms with Crippen LogP contribution in [0.1, 0.15) is 17.3 Å². The average Bonchev–Trinajstić information content (AvgIpc) is 3.07. The average molecular weight is 329 g/mol. The van der Waals surface area contributed by atoms with Crippen LogP contribution in [-0.4, -0.2) is 32.5 Å². The van der Waals surface area contributed by atoms with Crippen molar-refractivity contribution in [1.29, 1.82) is 0 Å². The normalized spacial score (nSPS) is 11.9. The molecule has 1 aliphatic rings. The number of amides is 1. The van der Waals surface area contributed by atoms with Gasteiger partial charge in [-0.25, -0.2) is 0 Å². The van der Waals surface area contributed by atoms with Crippen LogP contribution in [0.3, 0.4) is 0 Å². The second kappa shape index (κ2) is 7.59. The standard InChI is InChI=1S/C18H19NO5/c1-2-21-15-6-4-3-5-14(15)18(20)19-9-10-22-13-7-8-16-17(11-13)24-12-23-16/h3-8,11H,2,9-10,12H2,1H3,(H,19,20). The van der Waals surface area contributed by atoms with Crippen LogP contribution in [0.25, 0.3) is 0 Å². The van der Waals surface area contributed by atoms with Crippen molar-refractivity contribution in [2.24, 2.45) is 0 Å². The Kier molecular flexibility index (Phi) is 5.05. The van der Waals surface area contributed by atoms with Crippen molar-refractivity contribution in [3.05, 3.63) is 48.0 Å². The minimum absolute atomic E-state index is 0.187. The Bertz CT molecular complexity index is 716. The summed E-state index contributed by atoms with van der Waals surface area (Å²) in [5.41, 5.74) is 0.516. The van der Waals surface area contributed by atoms with Gasteiger partial charge in [-0.1, -0.05) is 12.1 Å². The lowest BCUT2D eigenvalue weighted by Gasteiger charge is -2.11. The second-order valence-corrected chi connectivity index (χ2v) is 5.05. The number of hydrogen-bond donors (Lipinski definition) is 1. The van der Waals surface area contributed by atoms with E-state index in [4.69, 9.17) is 18.9 Å². The molecule has 0 atom stereocenters. The fourth-order valence-electron chi connectivity index (χ4n) is 2.33. The maximum absolute atomic E-state index is 12.2. The smallest absolute Gasteiger partial charge is 0.255 e. The zero-order valence-electron chi connectivity index (χ0n) is 13.4. The third kappa shape index (κ3) is 3.71. The molecule has 0 aromatic heterocycles. The maximum Gasteiger partial charge on any atom is 0.255 e. The first-order valence-electron chi connectivity index (χ1n) is 7.80. The van der Waals surface area contributed by atoms with E-state index in [1.807, 2.05) is 13.0 Å². The summed E-state index contributed by atoms with van der Waals surface area (Å²) in [5, 5.41) is 2.82. The molecule has 3 rings (SSSR count). The van der Waals surface area contributed by atoms with Crippen molar-refractivity contribution < 1.29 is 23.7 Å². The van der Waals surface area contributed by atoms with Gasteiger partial charge in [0.15, 0.2) is 11.5 Å². The minimum Gasteiger partial charge on any atom is -0.493 e. The molecule has 24 heavy (non-hydrogen) atoms. The Morgan fingerprint density at radius 3 is 2.83 bits per heavy atom. The summed E-state index contributed by atoms with van der Waals surface area (Å²) in [4.78, 5) is 12.2. The molecular weight excluding hydrogens is 310 g/mol. The zero-order valence-corrected chi connectivity index (χ0v) is 13.4. The first-order chi connectivity index (χ1) is 11.8. The van der Waals surface area contributed by atoms with Crippen LogP contribution in [0.2, 0.25) is 0 Å². The second-order valence-electron chi connectivity index (χ2n) is 5.05. The number of carbonyl (C=O) groups is 1. The first-order valence-corrected chi connectivity index (χ1v) is 7.80. The van der Waals surface area contributed by atoms with E-state index in [-0.39, 0.29) is 12.7 Å². The van der Waals surface area contributed by atoms with Crippen LogP contribution in [0, 0.1) is 0 Å². The highest BCUT2D eigenvalue weighted by atomic mass is 16.7. The van der Waals surface area contributed by atoms with Gasteiger partial charge in [-0.3, -0.25) is 4.79 Å². The first kappa shape index (κ1) is 16.0. The lowest BCUT2D eigenvalue weighted by molar-refractivity contribution is 0.0943. The molecule has 0 spiro atoms. The van der Waals surface area contributed by atoms with Crippen LogP contribution >= 0.6 is 0 Å². The Balaban J connectivity index is 1.49. The number of benzene rings is 2. The quantitative estimate of drug-likeness (QED) is 0.791. The van der Waals surface area contributed by atoms with Crippen molar-refractivity contribution in [2.75, 3.05) is 26.6 Å². The van der Waals surface area contributed by atoms with Gasteiger partial charge in [-0.15, -0.1) is 0 Å². The topological polar surface area (TPSA) is 66.0 Å². The number of para-hydroxylation sites is 1. The molecule has 0 fully saturated rings. The third-order valence-corrected chi connectivity index (χ3v) is 3.43. The van der Waals surface area contributed by atoms with Gasteiger partial charge in [0.2, 0.25) is 6.79 Å². The minimum atomic E-state index is -0.187. The molecule has 0 unspecified atom stereocenters. The summed E-state index contributed by atoms with van der Waals surface area (Å²) in [6.45, 7) is 3.36. The third-order valence-electron chi connectivity index (χ3n) is 3.43. The fraction of sp³-hybridized carbons (Fsp3) is 0.278. The zero-order chi connectivity index (χ0) is 16.8. The van der Waals surface area contributed by atoms with Crippen LogP contribution in [0.4, 0.5) is 0 Å². The van der Waals surface area contributed by atoms with Crippen molar-refractivity contribution in [3.63, 3.8) is 0 Å². The van der Waals surface area contributed by atoms with Gasteiger partial charge in [0, 0.05) is 6.07 Å². The number of rotatable bonds is 7. The van der Waals surface area contributed by atoms with Gasteiger partial charge in [-0.05, 0) is 31.2 Å². The highest BCUT2D eigenvalue weighted by molar-refractivity contribution is 5.96. The van der Waals surface area contributed by atoms with E-state index < -0.39 is 0 Å². The summed E-state index contributed by atoms with van der Waals surface area (Å²) in [7, 11) is 0. The van der Waals surface area contributed by atoms with Crippen LogP contribution in [0.5, 0.6) is 23.0 Å². The SMILES string of the molecule is CCOc1ccccc1C(=O)NCCOc1ccc2c(c1)OCO2. The van der Waals surface area contributed by atoms with Crippen LogP contribution < -0.4 is 24.3 Å². The van der Waals surface area contributed by atoms with E-state index in [2.05, 4.69) is 5.32 Å². The number of hydrogen-bond acceptors (Lipinski definition) is 5. The van der Waals surface area contributed by atoms with E-state index in [0.717, 1.165) is 0 Å². The summed E-state index contributed by atoms with van der Waals surface area (Å²) in [5.74, 6) is 2.44. The summed E-state index contributed by atoms with van der Waals surface area (Å²) < 4.78 is 21.6. The predicted molar refractivity (Wildman–Crippen MR) is 88.0 cm³/mol. The van der Waals surface area contributed by atoms with E-state index in [1.54, 1.807) is 36.4 Å². The highest BCUT2D eigenvalue weighted by Gasteiger charge is 2.14. The molecule has 0 bridgehead atoms. The fourth-order valence-corrected chi connectivity index (χ4v) is 2.33. The Hall–Kier alpha value is -2.89. The molecule has 2 aromatic rings. The van der Waals surface area contributed by atoms with Crippen molar-refractivity contribution >= 4 is 5.91 Å². The number of ether oxygens (including phenoxy) is 4. The molecule has 6 nitrogen and oxygen atoms in total. The number of fused-ring (bicyclic) bond motifs is 1.